The fourth-order valence-corrected chi connectivity index (χ4v) is 3.53. The molecule has 0 aliphatic carbocycles. The van der Waals surface area contributed by atoms with E-state index in [-0.39, 0.29) is 22.9 Å². The lowest BCUT2D eigenvalue weighted by Gasteiger charge is -2.19. The molecule has 5 nitrogen and oxygen atoms in total. The number of rotatable bonds is 4. The lowest BCUT2D eigenvalue weighted by Crippen LogP contribution is -2.33. The van der Waals surface area contributed by atoms with Crippen molar-refractivity contribution in [2.24, 2.45) is 5.92 Å². The van der Waals surface area contributed by atoms with Gasteiger partial charge in [-0.2, -0.15) is 0 Å². The zero-order chi connectivity index (χ0) is 20.6. The van der Waals surface area contributed by atoms with E-state index in [0.717, 1.165) is 6.07 Å². The monoisotopic (exact) mass is 412 g/mol. The van der Waals surface area contributed by atoms with Gasteiger partial charge in [-0.1, -0.05) is 23.7 Å². The Morgan fingerprint density at radius 2 is 1.93 bits per heavy atom. The number of halogens is 4. The third-order valence-corrected chi connectivity index (χ3v) is 4.99. The van der Waals surface area contributed by atoms with Gasteiger partial charge in [0, 0.05) is 19.5 Å². The van der Waals surface area contributed by atoms with E-state index in [1.165, 1.54) is 43.3 Å². The number of carbonyl (C=O) groups is 2. The van der Waals surface area contributed by atoms with Crippen LogP contribution in [0.25, 0.3) is 0 Å². The van der Waals surface area contributed by atoms with E-state index < -0.39 is 46.8 Å². The number of methoxy groups -OCH3 is 1. The normalized spacial score (nSPS) is 19.1. The summed E-state index contributed by atoms with van der Waals surface area (Å²) in [6.45, 7) is 0.0598. The summed E-state index contributed by atoms with van der Waals surface area (Å²) in [7, 11) is 2.72. The zero-order valence-corrected chi connectivity index (χ0v) is 15.7. The number of ether oxygens (including phenoxy) is 1. The van der Waals surface area contributed by atoms with Gasteiger partial charge in [0.25, 0.3) is 0 Å². The summed E-state index contributed by atoms with van der Waals surface area (Å²) in [5.41, 5.74) is -0.334. The third kappa shape index (κ3) is 3.40. The number of hydrogen-bond donors (Lipinski definition) is 1. The molecule has 0 spiro atoms. The molecule has 1 saturated heterocycles. The minimum atomic E-state index is -1.33. The maximum atomic E-state index is 14.8. The van der Waals surface area contributed by atoms with Crippen LogP contribution in [0.3, 0.4) is 0 Å². The molecule has 148 valence electrons. The quantitative estimate of drug-likeness (QED) is 0.781. The second kappa shape index (κ2) is 7.71. The van der Waals surface area contributed by atoms with Crippen molar-refractivity contribution in [1.29, 1.82) is 0 Å². The molecule has 1 aliphatic rings. The largest absolute Gasteiger partial charge is 0.492 e. The molecule has 2 atom stereocenters. The summed E-state index contributed by atoms with van der Waals surface area (Å²) in [6, 6.07) is 6.07. The smallest absolute Gasteiger partial charge is 0.237 e. The number of amides is 2. The average molecular weight is 413 g/mol. The van der Waals surface area contributed by atoms with Crippen molar-refractivity contribution in [3.63, 3.8) is 0 Å². The van der Waals surface area contributed by atoms with Crippen molar-refractivity contribution in [1.82, 2.24) is 4.90 Å². The molecular formula is C19H16ClF3N2O3. The Hall–Kier alpha value is -2.74. The Kier molecular flexibility index (Phi) is 5.51. The van der Waals surface area contributed by atoms with Crippen LogP contribution in [0.15, 0.2) is 30.3 Å². The van der Waals surface area contributed by atoms with Gasteiger partial charge in [-0.25, -0.2) is 13.2 Å². The fraction of sp³-hybridized carbons (Fsp3) is 0.263. The van der Waals surface area contributed by atoms with Gasteiger partial charge < -0.3 is 15.0 Å². The molecule has 2 aromatic carbocycles. The van der Waals surface area contributed by atoms with Gasteiger partial charge in [-0.05, 0) is 23.8 Å². The number of benzene rings is 2. The average Bonchev–Trinajstić information content (AvgIpc) is 2.94. The van der Waals surface area contributed by atoms with Crippen LogP contribution in [0.2, 0.25) is 5.02 Å². The van der Waals surface area contributed by atoms with Crippen molar-refractivity contribution in [3.8, 4) is 5.75 Å². The Morgan fingerprint density at radius 3 is 2.61 bits per heavy atom. The second-order valence-corrected chi connectivity index (χ2v) is 6.78. The van der Waals surface area contributed by atoms with Gasteiger partial charge in [0.05, 0.1) is 17.8 Å². The van der Waals surface area contributed by atoms with E-state index in [0.29, 0.717) is 0 Å². The number of anilines is 1. The van der Waals surface area contributed by atoms with Crippen LogP contribution in [0.4, 0.5) is 18.9 Å². The lowest BCUT2D eigenvalue weighted by atomic mass is 9.87. The first-order chi connectivity index (χ1) is 13.3. The van der Waals surface area contributed by atoms with Crippen LogP contribution in [0.5, 0.6) is 5.75 Å². The van der Waals surface area contributed by atoms with E-state index in [9.17, 15) is 22.8 Å². The summed E-state index contributed by atoms with van der Waals surface area (Å²) in [6.07, 6.45) is 0. The molecule has 2 aromatic rings. The first-order valence-corrected chi connectivity index (χ1v) is 8.65. The fourth-order valence-electron chi connectivity index (χ4n) is 3.30. The molecule has 28 heavy (non-hydrogen) atoms. The van der Waals surface area contributed by atoms with Gasteiger partial charge in [-0.15, -0.1) is 0 Å². The Balaban J connectivity index is 1.97. The Morgan fingerprint density at radius 1 is 1.21 bits per heavy atom. The Labute approximate surface area is 164 Å². The highest BCUT2D eigenvalue weighted by Gasteiger charge is 2.45. The molecule has 0 bridgehead atoms. The molecule has 9 heteroatoms. The van der Waals surface area contributed by atoms with Crippen LogP contribution in [0, 0.1) is 23.4 Å². The minimum Gasteiger partial charge on any atom is -0.492 e. The van der Waals surface area contributed by atoms with Gasteiger partial charge in [0.15, 0.2) is 23.2 Å². The molecule has 2 amide bonds. The minimum absolute atomic E-state index is 0.0456. The topological polar surface area (TPSA) is 58.6 Å². The summed E-state index contributed by atoms with van der Waals surface area (Å²) in [5.74, 6) is -6.98. The number of nitrogens with one attached hydrogen (secondary N) is 1. The van der Waals surface area contributed by atoms with E-state index in [4.69, 9.17) is 16.3 Å². The van der Waals surface area contributed by atoms with Crippen LogP contribution in [0.1, 0.15) is 11.5 Å². The van der Waals surface area contributed by atoms with Crippen LogP contribution < -0.4 is 10.1 Å². The summed E-state index contributed by atoms with van der Waals surface area (Å²) in [5, 5.41) is 2.27. The summed E-state index contributed by atoms with van der Waals surface area (Å²) in [4.78, 5) is 26.5. The highest BCUT2D eigenvalue weighted by atomic mass is 35.5. The second-order valence-electron chi connectivity index (χ2n) is 6.38. The Bertz CT molecular complexity index is 954. The molecular weight excluding hydrogens is 397 g/mol. The van der Waals surface area contributed by atoms with Gasteiger partial charge >= 0.3 is 0 Å². The summed E-state index contributed by atoms with van der Waals surface area (Å²) >= 11 is 5.91. The van der Waals surface area contributed by atoms with E-state index in [2.05, 4.69) is 5.32 Å². The van der Waals surface area contributed by atoms with Gasteiger partial charge in [-0.3, -0.25) is 9.59 Å². The summed E-state index contributed by atoms with van der Waals surface area (Å²) < 4.78 is 47.1. The van der Waals surface area contributed by atoms with Crippen molar-refractivity contribution in [2.75, 3.05) is 26.0 Å². The van der Waals surface area contributed by atoms with E-state index >= 15 is 0 Å². The zero-order valence-electron chi connectivity index (χ0n) is 14.9. The molecule has 1 aliphatic heterocycles. The standard InChI is InChI=1S/C19H16ClF3N2O3/c1-25-8-10(9-6-7-11(20)17(28-2)15(9)22)14(19(25)27)18(26)24-13-5-3-4-12(21)16(13)23/h3-7,10,14H,8H2,1-2H3,(H,24,26)/t10-,14+/m1/s1. The van der Waals surface area contributed by atoms with E-state index in [1.807, 2.05) is 0 Å². The van der Waals surface area contributed by atoms with Crippen molar-refractivity contribution in [2.45, 2.75) is 5.92 Å². The predicted molar refractivity (Wildman–Crippen MR) is 96.8 cm³/mol. The number of nitrogens with zero attached hydrogens (tertiary/aromatic N) is 1. The number of likely N-dealkylation sites (tertiary alicyclic amines) is 1. The molecule has 0 unspecified atom stereocenters. The molecule has 1 N–H and O–H groups in total. The maximum Gasteiger partial charge on any atom is 0.237 e. The maximum absolute atomic E-state index is 14.8. The molecule has 1 heterocycles. The molecule has 1 fully saturated rings. The van der Waals surface area contributed by atoms with Crippen molar-refractivity contribution < 1.29 is 27.5 Å². The molecule has 0 saturated carbocycles. The molecule has 0 aromatic heterocycles. The SMILES string of the molecule is COc1c(Cl)ccc([C@H]2CN(C)C(=O)[C@@H]2C(=O)Nc2cccc(F)c2F)c1F. The highest BCUT2D eigenvalue weighted by Crippen LogP contribution is 2.40. The predicted octanol–water partition coefficient (Wildman–Crippen LogP) is 3.58. The van der Waals surface area contributed by atoms with Crippen LogP contribution >= 0.6 is 11.6 Å². The molecule has 0 radical (unpaired) electrons. The van der Waals surface area contributed by atoms with Crippen LogP contribution in [-0.2, 0) is 9.59 Å². The van der Waals surface area contributed by atoms with Crippen molar-refractivity contribution >= 4 is 29.1 Å². The highest BCUT2D eigenvalue weighted by molar-refractivity contribution is 6.32. The first-order valence-electron chi connectivity index (χ1n) is 8.28. The third-order valence-electron chi connectivity index (χ3n) is 4.69. The first kappa shape index (κ1) is 20.0. The number of carbonyl (C=O) groups excluding carboxylic acids is 2. The number of hydrogen-bond acceptors (Lipinski definition) is 3. The number of likely N-dealkylation sites (N-methyl/N-ethyl adjacent to an activating group) is 1. The molecule has 3 rings (SSSR count). The van der Waals surface area contributed by atoms with E-state index in [1.54, 1.807) is 0 Å². The lowest BCUT2D eigenvalue weighted by molar-refractivity contribution is -0.135. The van der Waals surface area contributed by atoms with Crippen LogP contribution in [-0.4, -0.2) is 37.4 Å². The van der Waals surface area contributed by atoms with Gasteiger partial charge in [0.2, 0.25) is 11.8 Å². The van der Waals surface area contributed by atoms with Crippen molar-refractivity contribution in [3.05, 3.63) is 58.4 Å². The van der Waals surface area contributed by atoms with Gasteiger partial charge in [0.1, 0.15) is 5.92 Å².